The Morgan fingerprint density at radius 2 is 2.00 bits per heavy atom. The lowest BCUT2D eigenvalue weighted by Crippen LogP contribution is -2.50. The van der Waals surface area contributed by atoms with Gasteiger partial charge in [-0.1, -0.05) is 29.8 Å². The van der Waals surface area contributed by atoms with Gasteiger partial charge in [0, 0.05) is 23.7 Å². The van der Waals surface area contributed by atoms with Gasteiger partial charge < -0.3 is 5.73 Å². The van der Waals surface area contributed by atoms with E-state index in [0.29, 0.717) is 18.0 Å². The maximum Gasteiger partial charge on any atom is 0.0441 e. The van der Waals surface area contributed by atoms with E-state index in [-0.39, 0.29) is 0 Å². The molecule has 1 aromatic carbocycles. The molecule has 2 nitrogen and oxygen atoms in total. The number of hydrogen-bond donors (Lipinski definition) is 1. The lowest BCUT2D eigenvalue weighted by Gasteiger charge is -2.44. The van der Waals surface area contributed by atoms with Crippen molar-refractivity contribution in [3.63, 3.8) is 0 Å². The molecule has 2 saturated heterocycles. The standard InChI is InChI=1S/C15H21ClN2/c16-15-4-2-1-3-14(15)11-5-6-13-9-12(17)7-8-18(13)10-11/h1-4,11-13H,5-10,17H2/t11-,12+,13?/m1/s1. The van der Waals surface area contributed by atoms with Crippen molar-refractivity contribution in [3.8, 4) is 0 Å². The number of nitrogens with two attached hydrogens (primary N) is 1. The summed E-state index contributed by atoms with van der Waals surface area (Å²) in [5.41, 5.74) is 7.39. The summed E-state index contributed by atoms with van der Waals surface area (Å²) in [5.74, 6) is 0.601. The number of rotatable bonds is 1. The molecular weight excluding hydrogens is 244 g/mol. The lowest BCUT2D eigenvalue weighted by molar-refractivity contribution is 0.0867. The van der Waals surface area contributed by atoms with Gasteiger partial charge in [-0.05, 0) is 49.8 Å². The Balaban J connectivity index is 1.73. The topological polar surface area (TPSA) is 29.3 Å². The number of hydrogen-bond acceptors (Lipinski definition) is 2. The molecule has 3 heteroatoms. The van der Waals surface area contributed by atoms with Crippen LogP contribution in [0, 0.1) is 0 Å². The first-order valence-corrected chi connectivity index (χ1v) is 7.36. The molecule has 0 aromatic heterocycles. The molecule has 2 fully saturated rings. The second kappa shape index (κ2) is 5.20. The number of fused-ring (bicyclic) bond motifs is 1. The Kier molecular flexibility index (Phi) is 3.60. The average Bonchev–Trinajstić information content (AvgIpc) is 2.39. The van der Waals surface area contributed by atoms with E-state index in [0.717, 1.165) is 24.5 Å². The molecule has 0 spiro atoms. The summed E-state index contributed by atoms with van der Waals surface area (Å²) in [6.07, 6.45) is 4.84. The summed E-state index contributed by atoms with van der Waals surface area (Å²) in [5, 5.41) is 0.926. The molecule has 0 amide bonds. The smallest absolute Gasteiger partial charge is 0.0441 e. The highest BCUT2D eigenvalue weighted by atomic mass is 35.5. The van der Waals surface area contributed by atoms with Crippen molar-refractivity contribution in [1.82, 2.24) is 4.90 Å². The molecule has 1 aromatic rings. The van der Waals surface area contributed by atoms with E-state index in [1.807, 2.05) is 12.1 Å². The van der Waals surface area contributed by atoms with E-state index in [1.165, 1.54) is 24.8 Å². The van der Waals surface area contributed by atoms with Crippen molar-refractivity contribution in [2.45, 2.75) is 43.7 Å². The first kappa shape index (κ1) is 12.5. The maximum atomic E-state index is 6.32. The normalized spacial score (nSPS) is 33.1. The highest BCUT2D eigenvalue weighted by molar-refractivity contribution is 6.31. The van der Waals surface area contributed by atoms with Crippen LogP contribution in [0.5, 0.6) is 0 Å². The van der Waals surface area contributed by atoms with Crippen molar-refractivity contribution in [3.05, 3.63) is 34.9 Å². The van der Waals surface area contributed by atoms with E-state index in [4.69, 9.17) is 17.3 Å². The zero-order valence-electron chi connectivity index (χ0n) is 10.7. The minimum Gasteiger partial charge on any atom is -0.328 e. The molecule has 2 heterocycles. The minimum absolute atomic E-state index is 0.420. The van der Waals surface area contributed by atoms with E-state index >= 15 is 0 Å². The number of nitrogens with zero attached hydrogens (tertiary/aromatic N) is 1. The molecule has 2 aliphatic rings. The van der Waals surface area contributed by atoms with Crippen molar-refractivity contribution in [2.75, 3.05) is 13.1 Å². The molecule has 0 bridgehead atoms. The average molecular weight is 265 g/mol. The van der Waals surface area contributed by atoms with Crippen molar-refractivity contribution >= 4 is 11.6 Å². The third-order valence-electron chi connectivity index (χ3n) is 4.53. The van der Waals surface area contributed by atoms with Crippen LogP contribution in [-0.2, 0) is 0 Å². The second-order valence-electron chi connectivity index (χ2n) is 5.73. The molecule has 2 aliphatic heterocycles. The summed E-state index contributed by atoms with van der Waals surface area (Å²) >= 11 is 6.32. The van der Waals surface area contributed by atoms with Crippen molar-refractivity contribution in [2.24, 2.45) is 5.73 Å². The minimum atomic E-state index is 0.420. The van der Waals surface area contributed by atoms with Crippen LogP contribution >= 0.6 is 11.6 Å². The van der Waals surface area contributed by atoms with Crippen LogP contribution in [0.3, 0.4) is 0 Å². The summed E-state index contributed by atoms with van der Waals surface area (Å²) in [6.45, 7) is 2.31. The summed E-state index contributed by atoms with van der Waals surface area (Å²) in [7, 11) is 0. The number of halogens is 1. The fourth-order valence-electron chi connectivity index (χ4n) is 3.50. The third kappa shape index (κ3) is 2.42. The quantitative estimate of drug-likeness (QED) is 0.845. The second-order valence-corrected chi connectivity index (χ2v) is 6.14. The van der Waals surface area contributed by atoms with Gasteiger partial charge >= 0.3 is 0 Å². The zero-order chi connectivity index (χ0) is 12.5. The van der Waals surface area contributed by atoms with Crippen LogP contribution in [0.1, 0.15) is 37.2 Å². The number of piperidine rings is 2. The SMILES string of the molecule is N[C@H]1CCN2C[C@H](c3ccccc3Cl)CCC2C1. The molecule has 3 rings (SSSR count). The zero-order valence-corrected chi connectivity index (χ0v) is 11.4. The molecule has 98 valence electrons. The van der Waals surface area contributed by atoms with Crippen LogP contribution in [-0.4, -0.2) is 30.1 Å². The summed E-state index contributed by atoms with van der Waals surface area (Å²) in [6, 6.07) is 9.44. The van der Waals surface area contributed by atoms with Crippen molar-refractivity contribution < 1.29 is 0 Å². The lowest BCUT2D eigenvalue weighted by atomic mass is 9.83. The van der Waals surface area contributed by atoms with E-state index < -0.39 is 0 Å². The fraction of sp³-hybridized carbons (Fsp3) is 0.600. The van der Waals surface area contributed by atoms with Gasteiger partial charge in [-0.3, -0.25) is 4.90 Å². The van der Waals surface area contributed by atoms with E-state index in [2.05, 4.69) is 17.0 Å². The third-order valence-corrected chi connectivity index (χ3v) is 4.87. The van der Waals surface area contributed by atoms with Crippen molar-refractivity contribution in [1.29, 1.82) is 0 Å². The summed E-state index contributed by atoms with van der Waals surface area (Å²) in [4.78, 5) is 2.63. The van der Waals surface area contributed by atoms with Gasteiger partial charge in [-0.25, -0.2) is 0 Å². The Hall–Kier alpha value is -0.570. The van der Waals surface area contributed by atoms with E-state index in [9.17, 15) is 0 Å². The Morgan fingerprint density at radius 1 is 1.17 bits per heavy atom. The molecule has 1 unspecified atom stereocenters. The first-order chi connectivity index (χ1) is 8.74. The summed E-state index contributed by atoms with van der Waals surface area (Å²) < 4.78 is 0. The monoisotopic (exact) mass is 264 g/mol. The van der Waals surface area contributed by atoms with Gasteiger partial charge in [-0.2, -0.15) is 0 Å². The Labute approximate surface area is 114 Å². The largest absolute Gasteiger partial charge is 0.328 e. The maximum absolute atomic E-state index is 6.32. The van der Waals surface area contributed by atoms with Gasteiger partial charge in [-0.15, -0.1) is 0 Å². The van der Waals surface area contributed by atoms with Gasteiger partial charge in [0.1, 0.15) is 0 Å². The molecule has 0 aliphatic carbocycles. The molecule has 3 atom stereocenters. The number of benzene rings is 1. The van der Waals surface area contributed by atoms with Crippen LogP contribution in [0.15, 0.2) is 24.3 Å². The Bertz CT molecular complexity index is 421. The van der Waals surface area contributed by atoms with Crippen LogP contribution in [0.2, 0.25) is 5.02 Å². The molecule has 2 N–H and O–H groups in total. The predicted octanol–water partition coefficient (Wildman–Crippen LogP) is 3.01. The van der Waals surface area contributed by atoms with Gasteiger partial charge in [0.2, 0.25) is 0 Å². The first-order valence-electron chi connectivity index (χ1n) is 6.98. The van der Waals surface area contributed by atoms with Crippen LogP contribution in [0.4, 0.5) is 0 Å². The predicted molar refractivity (Wildman–Crippen MR) is 76.0 cm³/mol. The highest BCUT2D eigenvalue weighted by Gasteiger charge is 2.33. The van der Waals surface area contributed by atoms with Crippen LogP contribution < -0.4 is 5.73 Å². The fourth-order valence-corrected chi connectivity index (χ4v) is 3.79. The Morgan fingerprint density at radius 3 is 2.83 bits per heavy atom. The van der Waals surface area contributed by atoms with Gasteiger partial charge in [0.05, 0.1) is 0 Å². The molecule has 18 heavy (non-hydrogen) atoms. The van der Waals surface area contributed by atoms with Crippen LogP contribution in [0.25, 0.3) is 0 Å². The van der Waals surface area contributed by atoms with E-state index in [1.54, 1.807) is 0 Å². The molecular formula is C15H21ClN2. The molecule has 0 radical (unpaired) electrons. The van der Waals surface area contributed by atoms with Gasteiger partial charge in [0.15, 0.2) is 0 Å². The van der Waals surface area contributed by atoms with Gasteiger partial charge in [0.25, 0.3) is 0 Å². The molecule has 0 saturated carbocycles. The highest BCUT2D eigenvalue weighted by Crippen LogP contribution is 2.36.